The SMILES string of the molecule is CC(=O)NC1C=C(COC(C)=O)CC1. The zero-order valence-electron chi connectivity index (χ0n) is 8.50. The van der Waals surface area contributed by atoms with Crippen LogP contribution in [0.15, 0.2) is 11.6 Å². The van der Waals surface area contributed by atoms with Gasteiger partial charge in [0.05, 0.1) is 0 Å². The molecular weight excluding hydrogens is 182 g/mol. The number of nitrogens with one attached hydrogen (secondary N) is 1. The van der Waals surface area contributed by atoms with Crippen molar-refractivity contribution in [1.29, 1.82) is 0 Å². The van der Waals surface area contributed by atoms with Gasteiger partial charge in [-0.1, -0.05) is 6.08 Å². The number of rotatable bonds is 3. The first kappa shape index (κ1) is 10.8. The molecule has 1 rings (SSSR count). The zero-order valence-corrected chi connectivity index (χ0v) is 8.50. The Labute approximate surface area is 83.3 Å². The molecule has 0 aromatic carbocycles. The van der Waals surface area contributed by atoms with Gasteiger partial charge in [-0.2, -0.15) is 0 Å². The molecule has 4 heteroatoms. The molecule has 0 saturated carbocycles. The number of ether oxygens (including phenoxy) is 1. The lowest BCUT2D eigenvalue weighted by Crippen LogP contribution is -2.29. The maximum Gasteiger partial charge on any atom is 0.302 e. The molecule has 0 aromatic rings. The van der Waals surface area contributed by atoms with Crippen molar-refractivity contribution in [3.8, 4) is 0 Å². The van der Waals surface area contributed by atoms with E-state index >= 15 is 0 Å². The summed E-state index contributed by atoms with van der Waals surface area (Å²) < 4.78 is 4.86. The van der Waals surface area contributed by atoms with Crippen LogP contribution in [0.3, 0.4) is 0 Å². The topological polar surface area (TPSA) is 55.4 Å². The Morgan fingerprint density at radius 3 is 2.86 bits per heavy atom. The van der Waals surface area contributed by atoms with Crippen molar-refractivity contribution in [1.82, 2.24) is 5.32 Å². The van der Waals surface area contributed by atoms with Crippen LogP contribution in [-0.4, -0.2) is 24.5 Å². The Hall–Kier alpha value is -1.32. The van der Waals surface area contributed by atoms with E-state index in [4.69, 9.17) is 4.74 Å². The van der Waals surface area contributed by atoms with Crippen molar-refractivity contribution in [2.24, 2.45) is 0 Å². The number of amides is 1. The van der Waals surface area contributed by atoms with Crippen LogP contribution >= 0.6 is 0 Å². The van der Waals surface area contributed by atoms with Gasteiger partial charge in [0.2, 0.25) is 5.91 Å². The molecule has 0 spiro atoms. The number of hydrogen-bond acceptors (Lipinski definition) is 3. The van der Waals surface area contributed by atoms with Gasteiger partial charge in [-0.15, -0.1) is 0 Å². The van der Waals surface area contributed by atoms with Gasteiger partial charge in [0.15, 0.2) is 0 Å². The second kappa shape index (κ2) is 4.79. The van der Waals surface area contributed by atoms with E-state index in [1.165, 1.54) is 13.8 Å². The average molecular weight is 197 g/mol. The maximum absolute atomic E-state index is 10.7. The number of hydrogen-bond donors (Lipinski definition) is 1. The Kier molecular flexibility index (Phi) is 3.68. The minimum atomic E-state index is -0.270. The quantitative estimate of drug-likeness (QED) is 0.537. The molecular formula is C10H15NO3. The fourth-order valence-corrected chi connectivity index (χ4v) is 1.48. The molecule has 1 N–H and O–H groups in total. The monoisotopic (exact) mass is 197 g/mol. The van der Waals surface area contributed by atoms with E-state index in [2.05, 4.69) is 5.32 Å². The molecule has 0 fully saturated rings. The second-order valence-corrected chi connectivity index (χ2v) is 3.45. The highest BCUT2D eigenvalue weighted by Crippen LogP contribution is 2.18. The molecule has 14 heavy (non-hydrogen) atoms. The summed E-state index contributed by atoms with van der Waals surface area (Å²) >= 11 is 0. The smallest absolute Gasteiger partial charge is 0.302 e. The second-order valence-electron chi connectivity index (χ2n) is 3.45. The molecule has 1 aliphatic carbocycles. The first-order valence-corrected chi connectivity index (χ1v) is 4.68. The third kappa shape index (κ3) is 3.60. The van der Waals surface area contributed by atoms with Crippen molar-refractivity contribution in [2.45, 2.75) is 32.7 Å². The highest BCUT2D eigenvalue weighted by Gasteiger charge is 2.16. The molecule has 0 radical (unpaired) electrons. The molecule has 0 aliphatic heterocycles. The number of carbonyl (C=O) groups is 2. The zero-order chi connectivity index (χ0) is 10.6. The largest absolute Gasteiger partial charge is 0.461 e. The van der Waals surface area contributed by atoms with E-state index in [1.807, 2.05) is 6.08 Å². The van der Waals surface area contributed by atoms with E-state index in [0.717, 1.165) is 18.4 Å². The van der Waals surface area contributed by atoms with Gasteiger partial charge in [-0.3, -0.25) is 9.59 Å². The van der Waals surface area contributed by atoms with Crippen molar-refractivity contribution in [3.05, 3.63) is 11.6 Å². The number of carbonyl (C=O) groups excluding carboxylic acids is 2. The van der Waals surface area contributed by atoms with Crippen molar-refractivity contribution in [2.75, 3.05) is 6.61 Å². The molecule has 0 heterocycles. The summed E-state index contributed by atoms with van der Waals surface area (Å²) in [4.78, 5) is 21.3. The molecule has 4 nitrogen and oxygen atoms in total. The van der Waals surface area contributed by atoms with E-state index in [0.29, 0.717) is 6.61 Å². The van der Waals surface area contributed by atoms with E-state index < -0.39 is 0 Å². The summed E-state index contributed by atoms with van der Waals surface area (Å²) in [7, 11) is 0. The average Bonchev–Trinajstić information content (AvgIpc) is 2.47. The van der Waals surface area contributed by atoms with Gasteiger partial charge < -0.3 is 10.1 Å². The van der Waals surface area contributed by atoms with E-state index in [1.54, 1.807) is 0 Å². The van der Waals surface area contributed by atoms with Crippen LogP contribution in [-0.2, 0) is 14.3 Å². The Morgan fingerprint density at radius 2 is 2.29 bits per heavy atom. The minimum Gasteiger partial charge on any atom is -0.461 e. The first-order chi connectivity index (χ1) is 6.58. The normalized spacial score (nSPS) is 20.1. The third-order valence-corrected chi connectivity index (χ3v) is 2.06. The summed E-state index contributed by atoms with van der Waals surface area (Å²) in [5.74, 6) is -0.297. The summed E-state index contributed by atoms with van der Waals surface area (Å²) in [5, 5.41) is 2.80. The molecule has 1 amide bonds. The van der Waals surface area contributed by atoms with Crippen molar-refractivity contribution in [3.63, 3.8) is 0 Å². The summed E-state index contributed by atoms with van der Waals surface area (Å²) in [6, 6.07) is 0.109. The van der Waals surface area contributed by atoms with Crippen LogP contribution in [0.2, 0.25) is 0 Å². The Balaban J connectivity index is 2.34. The third-order valence-electron chi connectivity index (χ3n) is 2.06. The standard InChI is InChI=1S/C10H15NO3/c1-7(12)11-10-4-3-9(5-10)6-14-8(2)13/h5,10H,3-4,6H2,1-2H3,(H,11,12). The summed E-state index contributed by atoms with van der Waals surface area (Å²) in [5.41, 5.74) is 1.08. The van der Waals surface area contributed by atoms with Crippen LogP contribution < -0.4 is 5.32 Å². The Bertz CT molecular complexity index is 271. The lowest BCUT2D eigenvalue weighted by atomic mass is 10.2. The Morgan fingerprint density at radius 1 is 1.57 bits per heavy atom. The van der Waals surface area contributed by atoms with Crippen LogP contribution in [0.1, 0.15) is 26.7 Å². The van der Waals surface area contributed by atoms with Gasteiger partial charge in [0, 0.05) is 19.9 Å². The van der Waals surface area contributed by atoms with Gasteiger partial charge in [-0.25, -0.2) is 0 Å². The highest BCUT2D eigenvalue weighted by atomic mass is 16.5. The molecule has 1 atom stereocenters. The van der Waals surface area contributed by atoms with Crippen LogP contribution in [0.5, 0.6) is 0 Å². The summed E-state index contributed by atoms with van der Waals surface area (Å²) in [6.07, 6.45) is 3.75. The van der Waals surface area contributed by atoms with Gasteiger partial charge in [0.1, 0.15) is 6.61 Å². The van der Waals surface area contributed by atoms with Crippen LogP contribution in [0, 0.1) is 0 Å². The minimum absolute atomic E-state index is 0.0278. The fourth-order valence-electron chi connectivity index (χ4n) is 1.48. The van der Waals surface area contributed by atoms with E-state index in [-0.39, 0.29) is 17.9 Å². The molecule has 0 aromatic heterocycles. The van der Waals surface area contributed by atoms with Crippen LogP contribution in [0.25, 0.3) is 0 Å². The lowest BCUT2D eigenvalue weighted by Gasteiger charge is -2.06. The van der Waals surface area contributed by atoms with Crippen molar-refractivity contribution >= 4 is 11.9 Å². The fraction of sp³-hybridized carbons (Fsp3) is 0.600. The molecule has 0 bridgehead atoms. The lowest BCUT2D eigenvalue weighted by molar-refractivity contribution is -0.140. The summed E-state index contributed by atoms with van der Waals surface area (Å²) in [6.45, 7) is 3.24. The highest BCUT2D eigenvalue weighted by molar-refractivity contribution is 5.73. The van der Waals surface area contributed by atoms with Gasteiger partial charge in [0.25, 0.3) is 0 Å². The van der Waals surface area contributed by atoms with Crippen LogP contribution in [0.4, 0.5) is 0 Å². The van der Waals surface area contributed by atoms with Gasteiger partial charge >= 0.3 is 5.97 Å². The molecule has 1 unspecified atom stereocenters. The molecule has 1 aliphatic rings. The molecule has 78 valence electrons. The predicted molar refractivity (Wildman–Crippen MR) is 51.6 cm³/mol. The van der Waals surface area contributed by atoms with E-state index in [9.17, 15) is 9.59 Å². The first-order valence-electron chi connectivity index (χ1n) is 4.68. The van der Waals surface area contributed by atoms with Crippen molar-refractivity contribution < 1.29 is 14.3 Å². The molecule has 0 saturated heterocycles. The predicted octanol–water partition coefficient (Wildman–Crippen LogP) is 0.774. The maximum atomic E-state index is 10.7. The van der Waals surface area contributed by atoms with Gasteiger partial charge in [-0.05, 0) is 18.4 Å². The number of esters is 1.